The molecule has 0 aliphatic heterocycles. The van der Waals surface area contributed by atoms with E-state index in [1.165, 1.54) is 0 Å². The lowest BCUT2D eigenvalue weighted by Gasteiger charge is -2.14. The van der Waals surface area contributed by atoms with Gasteiger partial charge in [0, 0.05) is 5.56 Å². The molecule has 0 radical (unpaired) electrons. The van der Waals surface area contributed by atoms with Gasteiger partial charge >= 0.3 is 5.97 Å². The Labute approximate surface area is 91.6 Å². The first-order valence-electron chi connectivity index (χ1n) is 4.43. The van der Waals surface area contributed by atoms with E-state index in [0.717, 1.165) is 5.56 Å². The van der Waals surface area contributed by atoms with Crippen molar-refractivity contribution >= 4 is 16.0 Å². The number of aromatic carboxylic acids is 1. The standard InChI is InChI=1S/C12H14O2S/c1-15(2,3)9-8-10-4-6-11(7-5-10)12(13)14/h4-7H,1-3H3,(H,13,14). The van der Waals surface area contributed by atoms with Crippen molar-refractivity contribution in [2.24, 2.45) is 0 Å². The van der Waals surface area contributed by atoms with Gasteiger partial charge in [-0.05, 0) is 48.3 Å². The predicted molar refractivity (Wildman–Crippen MR) is 65.6 cm³/mol. The van der Waals surface area contributed by atoms with Crippen LogP contribution in [0.5, 0.6) is 0 Å². The Kier molecular flexibility index (Phi) is 3.43. The van der Waals surface area contributed by atoms with Crippen molar-refractivity contribution in [2.75, 3.05) is 18.8 Å². The Morgan fingerprint density at radius 1 is 1.20 bits per heavy atom. The van der Waals surface area contributed by atoms with Crippen LogP contribution in [-0.4, -0.2) is 29.8 Å². The fourth-order valence-corrected chi connectivity index (χ4v) is 1.33. The minimum absolute atomic E-state index is 0.295. The molecule has 0 saturated heterocycles. The average molecular weight is 222 g/mol. The monoisotopic (exact) mass is 222 g/mol. The summed E-state index contributed by atoms with van der Waals surface area (Å²) in [7, 11) is -0.826. The predicted octanol–water partition coefficient (Wildman–Crippen LogP) is 2.39. The van der Waals surface area contributed by atoms with Gasteiger partial charge in [-0.15, -0.1) is 0 Å². The fraction of sp³-hybridized carbons (Fsp3) is 0.250. The van der Waals surface area contributed by atoms with Crippen molar-refractivity contribution in [3.63, 3.8) is 0 Å². The first-order chi connectivity index (χ1) is 6.88. The van der Waals surface area contributed by atoms with E-state index in [-0.39, 0.29) is 0 Å². The molecule has 15 heavy (non-hydrogen) atoms. The molecule has 0 aliphatic rings. The second-order valence-corrected chi connectivity index (χ2v) is 7.83. The molecule has 0 aromatic heterocycles. The van der Waals surface area contributed by atoms with Crippen LogP contribution in [0.2, 0.25) is 0 Å². The minimum atomic E-state index is -0.907. The molecular formula is C12H14O2S. The van der Waals surface area contributed by atoms with E-state index in [9.17, 15) is 4.79 Å². The van der Waals surface area contributed by atoms with Crippen LogP contribution >= 0.6 is 10.0 Å². The molecule has 2 nitrogen and oxygen atoms in total. The molecule has 0 saturated carbocycles. The van der Waals surface area contributed by atoms with Gasteiger partial charge in [0.25, 0.3) is 0 Å². The SMILES string of the molecule is CS(C)(C)C#Cc1ccc(C(=O)O)cc1. The molecule has 0 spiro atoms. The highest BCUT2D eigenvalue weighted by Crippen LogP contribution is 2.32. The molecule has 80 valence electrons. The van der Waals surface area contributed by atoms with Gasteiger partial charge in [0.2, 0.25) is 0 Å². The van der Waals surface area contributed by atoms with Crippen LogP contribution in [0.15, 0.2) is 24.3 Å². The molecular weight excluding hydrogens is 208 g/mol. The minimum Gasteiger partial charge on any atom is -0.478 e. The molecule has 1 rings (SSSR count). The molecule has 0 heterocycles. The van der Waals surface area contributed by atoms with Crippen molar-refractivity contribution in [3.8, 4) is 11.2 Å². The van der Waals surface area contributed by atoms with Crippen LogP contribution in [0, 0.1) is 11.2 Å². The zero-order chi connectivity index (χ0) is 11.5. The highest BCUT2D eigenvalue weighted by Gasteiger charge is 2.00. The second kappa shape index (κ2) is 4.41. The van der Waals surface area contributed by atoms with Gasteiger partial charge in [-0.2, -0.15) is 10.0 Å². The van der Waals surface area contributed by atoms with Gasteiger partial charge in [-0.3, -0.25) is 0 Å². The number of hydrogen-bond acceptors (Lipinski definition) is 1. The molecule has 0 amide bonds. The van der Waals surface area contributed by atoms with Gasteiger partial charge in [-0.25, -0.2) is 4.79 Å². The molecule has 1 aromatic carbocycles. The number of benzene rings is 1. The maximum atomic E-state index is 10.6. The van der Waals surface area contributed by atoms with E-state index in [4.69, 9.17) is 5.11 Å². The third kappa shape index (κ3) is 4.09. The van der Waals surface area contributed by atoms with Gasteiger partial charge in [0.1, 0.15) is 0 Å². The summed E-state index contributed by atoms with van der Waals surface area (Å²) in [5.41, 5.74) is 1.16. The highest BCUT2D eigenvalue weighted by molar-refractivity contribution is 8.35. The summed E-state index contributed by atoms with van der Waals surface area (Å²) < 4.78 is 0. The molecule has 0 fully saturated rings. The van der Waals surface area contributed by atoms with Gasteiger partial charge in [0.15, 0.2) is 0 Å². The number of rotatable bonds is 1. The Balaban J connectivity index is 2.89. The third-order valence-electron chi connectivity index (χ3n) is 1.63. The lowest BCUT2D eigenvalue weighted by Crippen LogP contribution is -1.95. The maximum absolute atomic E-state index is 10.6. The Morgan fingerprint density at radius 3 is 2.13 bits per heavy atom. The molecule has 0 atom stereocenters. The van der Waals surface area contributed by atoms with Crippen molar-refractivity contribution in [1.82, 2.24) is 0 Å². The van der Waals surface area contributed by atoms with E-state index < -0.39 is 16.0 Å². The van der Waals surface area contributed by atoms with Crippen LogP contribution in [0.1, 0.15) is 15.9 Å². The molecule has 1 N–H and O–H groups in total. The fourth-order valence-electron chi connectivity index (χ4n) is 0.908. The van der Waals surface area contributed by atoms with Crippen LogP contribution in [0.3, 0.4) is 0 Å². The zero-order valence-corrected chi connectivity index (χ0v) is 9.89. The molecule has 0 unspecified atom stereocenters. The summed E-state index contributed by atoms with van der Waals surface area (Å²) >= 11 is 0. The third-order valence-corrected chi connectivity index (χ3v) is 2.35. The summed E-state index contributed by atoms with van der Waals surface area (Å²) in [6.45, 7) is 0. The summed E-state index contributed by atoms with van der Waals surface area (Å²) in [5.74, 6) is 2.14. The van der Waals surface area contributed by atoms with E-state index in [1.807, 2.05) is 0 Å². The quantitative estimate of drug-likeness (QED) is 0.741. The molecule has 0 bridgehead atoms. The lowest BCUT2D eigenvalue weighted by molar-refractivity contribution is 0.0697. The summed E-state index contributed by atoms with van der Waals surface area (Å²) in [5, 5.41) is 11.9. The largest absolute Gasteiger partial charge is 0.478 e. The lowest BCUT2D eigenvalue weighted by atomic mass is 10.1. The van der Waals surface area contributed by atoms with Crippen LogP contribution in [-0.2, 0) is 0 Å². The number of carboxylic acids is 1. The first-order valence-corrected chi connectivity index (χ1v) is 7.29. The highest BCUT2D eigenvalue weighted by atomic mass is 32.3. The smallest absolute Gasteiger partial charge is 0.335 e. The van der Waals surface area contributed by atoms with E-state index in [0.29, 0.717) is 5.56 Å². The van der Waals surface area contributed by atoms with Crippen LogP contribution in [0.25, 0.3) is 0 Å². The maximum Gasteiger partial charge on any atom is 0.335 e. The Bertz CT molecular complexity index is 416. The molecule has 1 aromatic rings. The zero-order valence-electron chi connectivity index (χ0n) is 9.07. The van der Waals surface area contributed by atoms with Gasteiger partial charge in [0.05, 0.1) is 5.56 Å². The topological polar surface area (TPSA) is 37.3 Å². The van der Waals surface area contributed by atoms with E-state index >= 15 is 0 Å². The van der Waals surface area contributed by atoms with Crippen molar-refractivity contribution in [2.45, 2.75) is 0 Å². The number of hydrogen-bond donors (Lipinski definition) is 1. The number of carboxylic acid groups (broad SMARTS) is 1. The van der Waals surface area contributed by atoms with E-state index in [1.54, 1.807) is 24.3 Å². The summed E-state index contributed by atoms with van der Waals surface area (Å²) in [6.07, 6.45) is 6.35. The average Bonchev–Trinajstić information content (AvgIpc) is 2.14. The van der Waals surface area contributed by atoms with Crippen molar-refractivity contribution in [1.29, 1.82) is 0 Å². The normalized spacial score (nSPS) is 11.4. The first kappa shape index (κ1) is 11.7. The Morgan fingerprint density at radius 2 is 1.73 bits per heavy atom. The van der Waals surface area contributed by atoms with Gasteiger partial charge in [-0.1, -0.05) is 5.92 Å². The second-order valence-electron chi connectivity index (χ2n) is 3.95. The molecule has 0 aliphatic carbocycles. The summed E-state index contributed by atoms with van der Waals surface area (Å²) in [4.78, 5) is 10.6. The summed E-state index contributed by atoms with van der Waals surface area (Å²) in [6, 6.07) is 6.62. The van der Waals surface area contributed by atoms with Crippen molar-refractivity contribution < 1.29 is 9.90 Å². The van der Waals surface area contributed by atoms with Gasteiger partial charge < -0.3 is 5.11 Å². The molecule has 3 heteroatoms. The number of carbonyl (C=O) groups is 1. The van der Waals surface area contributed by atoms with Crippen LogP contribution in [0.4, 0.5) is 0 Å². The van der Waals surface area contributed by atoms with E-state index in [2.05, 4.69) is 29.9 Å². The van der Waals surface area contributed by atoms with Crippen molar-refractivity contribution in [3.05, 3.63) is 35.4 Å². The Hall–Kier alpha value is -1.40. The van der Waals surface area contributed by atoms with Crippen LogP contribution < -0.4 is 0 Å².